The molecule has 0 saturated carbocycles. The quantitative estimate of drug-likeness (QED) is 0.839. The van der Waals surface area contributed by atoms with E-state index in [2.05, 4.69) is 21.8 Å². The Bertz CT molecular complexity index is 771. The van der Waals surface area contributed by atoms with Gasteiger partial charge in [0.05, 0.1) is 4.90 Å². The van der Waals surface area contributed by atoms with Gasteiger partial charge in [-0.05, 0) is 63.2 Å². The van der Waals surface area contributed by atoms with Crippen molar-refractivity contribution in [3.05, 3.63) is 65.2 Å². The molecule has 2 aromatic carbocycles. The van der Waals surface area contributed by atoms with Gasteiger partial charge in [-0.25, -0.2) is 13.1 Å². The average Bonchev–Trinajstić information content (AvgIpc) is 2.54. The van der Waals surface area contributed by atoms with Gasteiger partial charge < -0.3 is 4.90 Å². The normalized spacial score (nSPS) is 13.2. The van der Waals surface area contributed by atoms with Crippen LogP contribution < -0.4 is 4.72 Å². The molecule has 0 radical (unpaired) electrons. The Kier molecular flexibility index (Phi) is 6.15. The molecule has 1 atom stereocenters. The number of nitrogens with zero attached hydrogens (tertiary/aromatic N) is 1. The summed E-state index contributed by atoms with van der Waals surface area (Å²) in [6.45, 7) is 4.27. The van der Waals surface area contributed by atoms with Gasteiger partial charge in [-0.1, -0.05) is 36.4 Å². The maximum absolute atomic E-state index is 12.5. The molecule has 0 aromatic heterocycles. The van der Waals surface area contributed by atoms with E-state index in [1.54, 1.807) is 12.1 Å². The summed E-state index contributed by atoms with van der Waals surface area (Å²) in [6.07, 6.45) is 0.795. The first kappa shape index (κ1) is 18.6. The molecule has 0 heterocycles. The van der Waals surface area contributed by atoms with Crippen molar-refractivity contribution >= 4 is 10.0 Å². The highest BCUT2D eigenvalue weighted by Crippen LogP contribution is 2.15. The van der Waals surface area contributed by atoms with Gasteiger partial charge in [-0.15, -0.1) is 0 Å². The molecule has 24 heavy (non-hydrogen) atoms. The zero-order valence-electron chi connectivity index (χ0n) is 14.8. The van der Waals surface area contributed by atoms with Crippen molar-refractivity contribution in [1.82, 2.24) is 9.62 Å². The molecule has 130 valence electrons. The van der Waals surface area contributed by atoms with Gasteiger partial charge in [-0.3, -0.25) is 0 Å². The highest BCUT2D eigenvalue weighted by molar-refractivity contribution is 7.89. The molecular weight excluding hydrogens is 320 g/mol. The first-order chi connectivity index (χ1) is 11.3. The minimum atomic E-state index is -3.50. The van der Waals surface area contributed by atoms with Crippen LogP contribution in [-0.2, 0) is 16.4 Å². The second-order valence-electron chi connectivity index (χ2n) is 6.41. The number of hydrogen-bond acceptors (Lipinski definition) is 3. The largest absolute Gasteiger partial charge is 0.305 e. The number of likely N-dealkylation sites (N-methyl/N-ethyl adjacent to an activating group) is 1. The van der Waals surface area contributed by atoms with E-state index in [-0.39, 0.29) is 6.04 Å². The van der Waals surface area contributed by atoms with Gasteiger partial charge in [-0.2, -0.15) is 0 Å². The highest BCUT2D eigenvalue weighted by Gasteiger charge is 2.19. The Balaban J connectivity index is 2.09. The van der Waals surface area contributed by atoms with Crippen LogP contribution in [0.15, 0.2) is 53.4 Å². The maximum atomic E-state index is 12.5. The summed E-state index contributed by atoms with van der Waals surface area (Å²) in [6, 6.07) is 15.4. The third kappa shape index (κ3) is 4.90. The van der Waals surface area contributed by atoms with Gasteiger partial charge in [0.25, 0.3) is 0 Å². The summed E-state index contributed by atoms with van der Waals surface area (Å²) in [5.74, 6) is 0. The number of hydrogen-bond donors (Lipinski definition) is 1. The van der Waals surface area contributed by atoms with E-state index >= 15 is 0 Å². The van der Waals surface area contributed by atoms with Crippen LogP contribution in [0.25, 0.3) is 0 Å². The summed E-state index contributed by atoms with van der Waals surface area (Å²) in [5, 5.41) is 0. The lowest BCUT2D eigenvalue weighted by Gasteiger charge is -2.24. The summed E-state index contributed by atoms with van der Waals surface area (Å²) in [5.41, 5.74) is 3.26. The zero-order chi connectivity index (χ0) is 17.7. The lowest BCUT2D eigenvalue weighted by molar-refractivity contribution is 0.291. The minimum absolute atomic E-state index is 0.0914. The van der Waals surface area contributed by atoms with Gasteiger partial charge in [0.2, 0.25) is 10.0 Å². The van der Waals surface area contributed by atoms with Gasteiger partial charge in [0, 0.05) is 12.6 Å². The van der Waals surface area contributed by atoms with E-state index < -0.39 is 10.0 Å². The molecule has 0 aliphatic heterocycles. The Morgan fingerprint density at radius 2 is 1.67 bits per heavy atom. The highest BCUT2D eigenvalue weighted by atomic mass is 32.2. The van der Waals surface area contributed by atoms with E-state index in [0.29, 0.717) is 11.4 Å². The predicted molar refractivity (Wildman–Crippen MR) is 98.7 cm³/mol. The Morgan fingerprint density at radius 3 is 2.25 bits per heavy atom. The summed E-state index contributed by atoms with van der Waals surface area (Å²) in [4.78, 5) is 2.37. The van der Waals surface area contributed by atoms with Crippen molar-refractivity contribution in [3.63, 3.8) is 0 Å². The molecule has 0 aliphatic rings. The third-order valence-corrected chi connectivity index (χ3v) is 5.76. The second kappa shape index (κ2) is 7.92. The standard InChI is InChI=1S/C19H26N2O2S/c1-15-10-11-19(12-16(15)2)24(22,23)20-14-18(21(3)4)13-17-8-6-5-7-9-17/h5-12,18,20H,13-14H2,1-4H3. The van der Waals surface area contributed by atoms with Gasteiger partial charge >= 0.3 is 0 Å². The van der Waals surface area contributed by atoms with Crippen LogP contribution in [0.5, 0.6) is 0 Å². The number of benzene rings is 2. The first-order valence-corrected chi connectivity index (χ1v) is 9.55. The predicted octanol–water partition coefficient (Wildman–Crippen LogP) is 2.75. The molecule has 5 heteroatoms. The lowest BCUT2D eigenvalue weighted by atomic mass is 10.1. The summed E-state index contributed by atoms with van der Waals surface area (Å²) < 4.78 is 27.8. The topological polar surface area (TPSA) is 49.4 Å². The number of nitrogens with one attached hydrogen (secondary N) is 1. The molecular formula is C19H26N2O2S. The fourth-order valence-corrected chi connectivity index (χ4v) is 3.65. The fourth-order valence-electron chi connectivity index (χ4n) is 2.49. The van der Waals surface area contributed by atoms with E-state index in [4.69, 9.17) is 0 Å². The van der Waals surface area contributed by atoms with Crippen molar-refractivity contribution < 1.29 is 8.42 Å². The van der Waals surface area contributed by atoms with Crippen molar-refractivity contribution in [2.75, 3.05) is 20.6 Å². The smallest absolute Gasteiger partial charge is 0.240 e. The van der Waals surface area contributed by atoms with Gasteiger partial charge in [0.1, 0.15) is 0 Å². The maximum Gasteiger partial charge on any atom is 0.240 e. The van der Waals surface area contributed by atoms with Crippen LogP contribution in [0.2, 0.25) is 0 Å². The van der Waals surface area contributed by atoms with Crippen molar-refractivity contribution in [3.8, 4) is 0 Å². The first-order valence-electron chi connectivity index (χ1n) is 8.07. The van der Waals surface area contributed by atoms with Gasteiger partial charge in [0.15, 0.2) is 0 Å². The SMILES string of the molecule is Cc1ccc(S(=O)(=O)NCC(Cc2ccccc2)N(C)C)cc1C. The van der Waals surface area contributed by atoms with Crippen LogP contribution in [0.3, 0.4) is 0 Å². The lowest BCUT2D eigenvalue weighted by Crippen LogP contribution is -2.41. The van der Waals surface area contributed by atoms with E-state index in [1.807, 2.05) is 52.2 Å². The average molecular weight is 346 g/mol. The monoisotopic (exact) mass is 346 g/mol. The minimum Gasteiger partial charge on any atom is -0.305 e. The number of sulfonamides is 1. The molecule has 4 nitrogen and oxygen atoms in total. The molecule has 2 rings (SSSR count). The molecule has 0 aliphatic carbocycles. The Labute approximate surface area is 145 Å². The van der Waals surface area contributed by atoms with Crippen LogP contribution in [-0.4, -0.2) is 40.0 Å². The molecule has 0 spiro atoms. The van der Waals surface area contributed by atoms with E-state index in [1.165, 1.54) is 5.56 Å². The Morgan fingerprint density at radius 1 is 1.00 bits per heavy atom. The van der Waals surface area contributed by atoms with Crippen molar-refractivity contribution in [2.45, 2.75) is 31.2 Å². The number of rotatable bonds is 7. The Hall–Kier alpha value is -1.69. The summed E-state index contributed by atoms with van der Waals surface area (Å²) >= 11 is 0. The zero-order valence-corrected chi connectivity index (χ0v) is 15.6. The van der Waals surface area contributed by atoms with E-state index in [9.17, 15) is 8.42 Å². The molecule has 0 saturated heterocycles. The van der Waals surface area contributed by atoms with Crippen LogP contribution in [0.4, 0.5) is 0 Å². The summed E-state index contributed by atoms with van der Waals surface area (Å²) in [7, 11) is 0.443. The van der Waals surface area contributed by atoms with Crippen molar-refractivity contribution in [2.24, 2.45) is 0 Å². The van der Waals surface area contributed by atoms with Crippen molar-refractivity contribution in [1.29, 1.82) is 0 Å². The molecule has 0 amide bonds. The van der Waals surface area contributed by atoms with Crippen LogP contribution >= 0.6 is 0 Å². The third-order valence-electron chi connectivity index (χ3n) is 4.34. The second-order valence-corrected chi connectivity index (χ2v) is 8.17. The van der Waals surface area contributed by atoms with Crippen LogP contribution in [0, 0.1) is 13.8 Å². The number of aryl methyl sites for hydroxylation is 2. The molecule has 0 fully saturated rings. The van der Waals surface area contributed by atoms with Crippen LogP contribution in [0.1, 0.15) is 16.7 Å². The van der Waals surface area contributed by atoms with E-state index in [0.717, 1.165) is 17.5 Å². The molecule has 0 bridgehead atoms. The molecule has 2 aromatic rings. The molecule has 1 N–H and O–H groups in total. The molecule has 1 unspecified atom stereocenters. The fraction of sp³-hybridized carbons (Fsp3) is 0.368.